The minimum absolute atomic E-state index is 0.729. The van der Waals surface area contributed by atoms with Gasteiger partial charge in [0.2, 0.25) is 5.95 Å². The summed E-state index contributed by atoms with van der Waals surface area (Å²) in [6.45, 7) is 6.60. The van der Waals surface area contributed by atoms with E-state index < -0.39 is 0 Å². The Morgan fingerprint density at radius 3 is 2.46 bits per heavy atom. The highest BCUT2D eigenvalue weighted by Crippen LogP contribution is 2.24. The van der Waals surface area contributed by atoms with Gasteiger partial charge in [-0.1, -0.05) is 0 Å². The van der Waals surface area contributed by atoms with Crippen molar-refractivity contribution in [1.82, 2.24) is 29.5 Å². The summed E-state index contributed by atoms with van der Waals surface area (Å²) in [5.41, 5.74) is 1.72. The number of nitrogens with zero attached hydrogens (tertiary/aromatic N) is 9. The first kappa shape index (κ1) is 17.1. The van der Waals surface area contributed by atoms with Gasteiger partial charge in [-0.3, -0.25) is 0 Å². The molecule has 0 atom stereocenters. The smallest absolute Gasteiger partial charge is 0.227 e. The lowest BCUT2D eigenvalue weighted by molar-refractivity contribution is 0.122. The molecule has 5 rings (SSSR count). The Morgan fingerprint density at radius 2 is 1.64 bits per heavy atom. The number of aryl methyl sites for hydroxylation is 1. The summed E-state index contributed by atoms with van der Waals surface area (Å²) in [6, 6.07) is 1.99. The van der Waals surface area contributed by atoms with E-state index >= 15 is 0 Å². The number of aromatic nitrogens is 6. The highest BCUT2D eigenvalue weighted by atomic mass is 16.5. The standard InChI is InChI=1S/C18H23N9O/c1-24-13-22-15-16(24)20-12-21-17(15)26-6-4-25(5-7-26)14-2-3-19-18(23-14)27-8-10-28-11-9-27/h2-3,12-13H,4-11H2,1H3. The topological polar surface area (TPSA) is 88.3 Å². The SMILES string of the molecule is Cn1cnc2c(N3CCN(c4ccnc(N5CCOCC5)n4)CC3)ncnc21. The van der Waals surface area contributed by atoms with Crippen LogP contribution in [0.1, 0.15) is 0 Å². The second-order valence-electron chi connectivity index (χ2n) is 7.01. The maximum atomic E-state index is 5.42. The van der Waals surface area contributed by atoms with Crippen molar-refractivity contribution < 1.29 is 4.74 Å². The van der Waals surface area contributed by atoms with E-state index in [9.17, 15) is 0 Å². The van der Waals surface area contributed by atoms with Gasteiger partial charge in [0.25, 0.3) is 0 Å². The minimum atomic E-state index is 0.729. The predicted octanol–water partition coefficient (Wildman–Crippen LogP) is 0.317. The fourth-order valence-corrected chi connectivity index (χ4v) is 3.74. The van der Waals surface area contributed by atoms with Gasteiger partial charge in [0, 0.05) is 52.5 Å². The van der Waals surface area contributed by atoms with Gasteiger partial charge in [-0.2, -0.15) is 4.98 Å². The molecule has 2 aliphatic heterocycles. The highest BCUT2D eigenvalue weighted by molar-refractivity contribution is 5.83. The summed E-state index contributed by atoms with van der Waals surface area (Å²) in [5.74, 6) is 2.66. The number of imidazole rings is 1. The van der Waals surface area contributed by atoms with Gasteiger partial charge in [0.15, 0.2) is 17.0 Å². The Bertz CT molecular complexity index is 961. The zero-order valence-corrected chi connectivity index (χ0v) is 15.9. The summed E-state index contributed by atoms with van der Waals surface area (Å²) in [7, 11) is 1.95. The lowest BCUT2D eigenvalue weighted by Crippen LogP contribution is -2.47. The van der Waals surface area contributed by atoms with Crippen LogP contribution in [-0.4, -0.2) is 82.0 Å². The molecular weight excluding hydrogens is 358 g/mol. The maximum absolute atomic E-state index is 5.42. The minimum Gasteiger partial charge on any atom is -0.378 e. The van der Waals surface area contributed by atoms with Crippen LogP contribution in [0.25, 0.3) is 11.2 Å². The average molecular weight is 381 g/mol. The van der Waals surface area contributed by atoms with Gasteiger partial charge in [-0.25, -0.2) is 19.9 Å². The number of morpholine rings is 1. The van der Waals surface area contributed by atoms with Crippen LogP contribution in [0.5, 0.6) is 0 Å². The number of piperazine rings is 1. The van der Waals surface area contributed by atoms with Crippen molar-refractivity contribution in [3.63, 3.8) is 0 Å². The first-order chi connectivity index (χ1) is 13.8. The Labute approximate surface area is 162 Å². The molecule has 0 N–H and O–H groups in total. The molecule has 0 unspecified atom stereocenters. The molecule has 0 aliphatic carbocycles. The Hall–Kier alpha value is -3.01. The van der Waals surface area contributed by atoms with Crippen LogP contribution in [0.15, 0.2) is 24.9 Å². The monoisotopic (exact) mass is 381 g/mol. The molecule has 0 saturated carbocycles. The van der Waals surface area contributed by atoms with Crippen molar-refractivity contribution in [2.45, 2.75) is 0 Å². The number of hydrogen-bond donors (Lipinski definition) is 0. The van der Waals surface area contributed by atoms with E-state index in [-0.39, 0.29) is 0 Å². The van der Waals surface area contributed by atoms with Gasteiger partial charge in [0.05, 0.1) is 19.5 Å². The van der Waals surface area contributed by atoms with E-state index in [2.05, 4.69) is 34.6 Å². The number of hydrogen-bond acceptors (Lipinski definition) is 9. The van der Waals surface area contributed by atoms with Gasteiger partial charge < -0.3 is 24.0 Å². The molecule has 0 bridgehead atoms. The molecule has 2 aliphatic rings. The number of fused-ring (bicyclic) bond motifs is 1. The molecule has 3 aromatic rings. The van der Waals surface area contributed by atoms with Crippen molar-refractivity contribution in [1.29, 1.82) is 0 Å². The zero-order chi connectivity index (χ0) is 18.9. The predicted molar refractivity (Wildman–Crippen MR) is 106 cm³/mol. The Kier molecular flexibility index (Phi) is 4.40. The first-order valence-corrected chi connectivity index (χ1v) is 9.57. The van der Waals surface area contributed by atoms with E-state index in [1.807, 2.05) is 23.9 Å². The van der Waals surface area contributed by atoms with Crippen LogP contribution in [0.2, 0.25) is 0 Å². The highest BCUT2D eigenvalue weighted by Gasteiger charge is 2.23. The molecule has 2 saturated heterocycles. The first-order valence-electron chi connectivity index (χ1n) is 9.57. The third-order valence-corrected chi connectivity index (χ3v) is 5.30. The molecule has 0 amide bonds. The Balaban J connectivity index is 1.30. The molecule has 28 heavy (non-hydrogen) atoms. The van der Waals surface area contributed by atoms with Gasteiger partial charge in [-0.15, -0.1) is 0 Å². The average Bonchev–Trinajstić information content (AvgIpc) is 3.16. The fraction of sp³-hybridized carbons (Fsp3) is 0.500. The fourth-order valence-electron chi connectivity index (χ4n) is 3.74. The number of rotatable bonds is 3. The summed E-state index contributed by atoms with van der Waals surface area (Å²) in [5, 5.41) is 0. The van der Waals surface area contributed by atoms with Crippen molar-refractivity contribution in [3.8, 4) is 0 Å². The van der Waals surface area contributed by atoms with Crippen LogP contribution in [-0.2, 0) is 11.8 Å². The molecule has 10 heteroatoms. The third kappa shape index (κ3) is 3.09. The molecule has 3 aromatic heterocycles. The second kappa shape index (κ2) is 7.19. The van der Waals surface area contributed by atoms with Crippen LogP contribution >= 0.6 is 0 Å². The van der Waals surface area contributed by atoms with Crippen LogP contribution in [0.3, 0.4) is 0 Å². The number of anilines is 3. The molecule has 5 heterocycles. The molecular formula is C18H23N9O. The van der Waals surface area contributed by atoms with Crippen molar-refractivity contribution in [3.05, 3.63) is 24.9 Å². The molecule has 0 radical (unpaired) electrons. The van der Waals surface area contributed by atoms with Crippen LogP contribution < -0.4 is 14.7 Å². The van der Waals surface area contributed by atoms with E-state index in [0.717, 1.165) is 81.2 Å². The summed E-state index contributed by atoms with van der Waals surface area (Å²) < 4.78 is 7.34. The van der Waals surface area contributed by atoms with E-state index in [0.29, 0.717) is 0 Å². The lowest BCUT2D eigenvalue weighted by Gasteiger charge is -2.36. The number of ether oxygens (including phenoxy) is 1. The zero-order valence-electron chi connectivity index (χ0n) is 15.9. The molecule has 0 spiro atoms. The van der Waals surface area contributed by atoms with Crippen LogP contribution in [0, 0.1) is 0 Å². The molecule has 10 nitrogen and oxygen atoms in total. The summed E-state index contributed by atoms with van der Waals surface area (Å²) in [6.07, 6.45) is 5.25. The molecule has 2 fully saturated rings. The van der Waals surface area contributed by atoms with E-state index in [1.165, 1.54) is 0 Å². The lowest BCUT2D eigenvalue weighted by atomic mass is 10.3. The van der Waals surface area contributed by atoms with Gasteiger partial charge in [-0.05, 0) is 6.07 Å². The van der Waals surface area contributed by atoms with Gasteiger partial charge in [0.1, 0.15) is 12.1 Å². The summed E-state index contributed by atoms with van der Waals surface area (Å²) >= 11 is 0. The van der Waals surface area contributed by atoms with E-state index in [1.54, 1.807) is 12.7 Å². The molecule has 146 valence electrons. The quantitative estimate of drug-likeness (QED) is 0.636. The Morgan fingerprint density at radius 1 is 0.857 bits per heavy atom. The normalized spacial score (nSPS) is 18.1. The van der Waals surface area contributed by atoms with Gasteiger partial charge >= 0.3 is 0 Å². The largest absolute Gasteiger partial charge is 0.378 e. The third-order valence-electron chi connectivity index (χ3n) is 5.30. The van der Waals surface area contributed by atoms with Crippen molar-refractivity contribution in [2.75, 3.05) is 67.2 Å². The molecule has 0 aromatic carbocycles. The van der Waals surface area contributed by atoms with Crippen molar-refractivity contribution >= 4 is 28.7 Å². The summed E-state index contributed by atoms with van der Waals surface area (Å²) in [4.78, 5) is 29.3. The maximum Gasteiger partial charge on any atom is 0.227 e. The van der Waals surface area contributed by atoms with Crippen LogP contribution in [0.4, 0.5) is 17.6 Å². The van der Waals surface area contributed by atoms with Crippen molar-refractivity contribution in [2.24, 2.45) is 7.05 Å². The van der Waals surface area contributed by atoms with E-state index in [4.69, 9.17) is 9.72 Å². The second-order valence-corrected chi connectivity index (χ2v) is 7.01.